The van der Waals surface area contributed by atoms with Gasteiger partial charge >= 0.3 is 11.9 Å². The third kappa shape index (κ3) is 4.38. The van der Waals surface area contributed by atoms with Gasteiger partial charge in [0.15, 0.2) is 5.78 Å². The number of hydrogen-bond acceptors (Lipinski definition) is 5. The number of ketones is 1. The molecule has 0 saturated heterocycles. The number of carbonyl (C=O) groups is 3. The average molecular weight is 347 g/mol. The van der Waals surface area contributed by atoms with Crippen LogP contribution in [0.5, 0.6) is 0 Å². The van der Waals surface area contributed by atoms with Gasteiger partial charge in [0, 0.05) is 12.6 Å². The van der Waals surface area contributed by atoms with E-state index >= 15 is 0 Å². The maximum absolute atomic E-state index is 12.2. The first-order valence-corrected chi connectivity index (χ1v) is 8.46. The zero-order chi connectivity index (χ0) is 18.6. The minimum atomic E-state index is -0.574. The summed E-state index contributed by atoms with van der Waals surface area (Å²) in [6.45, 7) is 5.56. The molecule has 6 heteroatoms. The van der Waals surface area contributed by atoms with Gasteiger partial charge in [0.05, 0.1) is 31.4 Å². The van der Waals surface area contributed by atoms with Crippen LogP contribution in [0.15, 0.2) is 12.2 Å². The summed E-state index contributed by atoms with van der Waals surface area (Å²) in [6.07, 6.45) is 6.05. The standard InChI is InChI=1S/C19H25NO5/c1-11-7-5-6-8-14(11)10-25-16(22)9-15-17(19(23)24-4)12(2)18(20-15)13(3)21/h5-6,11,14,20H,7-10H2,1-4H3. The molecule has 0 spiro atoms. The molecule has 1 N–H and O–H groups in total. The molecule has 136 valence electrons. The van der Waals surface area contributed by atoms with Crippen LogP contribution in [-0.4, -0.2) is 36.4 Å². The summed E-state index contributed by atoms with van der Waals surface area (Å²) in [5.74, 6) is -0.420. The number of ether oxygens (including phenoxy) is 2. The lowest BCUT2D eigenvalue weighted by molar-refractivity contribution is -0.144. The normalized spacial score (nSPS) is 19.5. The molecule has 25 heavy (non-hydrogen) atoms. The van der Waals surface area contributed by atoms with E-state index in [0.29, 0.717) is 35.4 Å². The molecule has 1 heterocycles. The molecule has 2 unspecified atom stereocenters. The summed E-state index contributed by atoms with van der Waals surface area (Å²) in [6, 6.07) is 0. The highest BCUT2D eigenvalue weighted by molar-refractivity contribution is 6.01. The van der Waals surface area contributed by atoms with E-state index in [4.69, 9.17) is 9.47 Å². The summed E-state index contributed by atoms with van der Waals surface area (Å²) in [7, 11) is 1.27. The van der Waals surface area contributed by atoms with Gasteiger partial charge in [-0.25, -0.2) is 4.79 Å². The van der Waals surface area contributed by atoms with Gasteiger partial charge in [-0.1, -0.05) is 19.1 Å². The highest BCUT2D eigenvalue weighted by Crippen LogP contribution is 2.25. The van der Waals surface area contributed by atoms with E-state index in [1.165, 1.54) is 14.0 Å². The summed E-state index contributed by atoms with van der Waals surface area (Å²) in [4.78, 5) is 38.8. The molecule has 0 saturated carbocycles. The van der Waals surface area contributed by atoms with Gasteiger partial charge in [-0.3, -0.25) is 9.59 Å². The first-order valence-electron chi connectivity index (χ1n) is 8.46. The molecule has 2 atom stereocenters. The highest BCUT2D eigenvalue weighted by atomic mass is 16.5. The van der Waals surface area contributed by atoms with Crippen LogP contribution in [0.2, 0.25) is 0 Å². The van der Waals surface area contributed by atoms with E-state index in [-0.39, 0.29) is 17.8 Å². The third-order valence-corrected chi connectivity index (χ3v) is 4.77. The second kappa shape index (κ2) is 8.14. The van der Waals surface area contributed by atoms with Crippen molar-refractivity contribution in [2.75, 3.05) is 13.7 Å². The number of Topliss-reactive ketones (excluding diaryl/α,β-unsaturated/α-hetero) is 1. The fourth-order valence-electron chi connectivity index (χ4n) is 3.16. The summed E-state index contributed by atoms with van der Waals surface area (Å²) in [5.41, 5.74) is 1.40. The number of carbonyl (C=O) groups excluding carboxylic acids is 3. The lowest BCUT2D eigenvalue weighted by Gasteiger charge is -2.24. The lowest BCUT2D eigenvalue weighted by Crippen LogP contribution is -2.22. The number of rotatable bonds is 6. The second-order valence-electron chi connectivity index (χ2n) is 6.57. The molecule has 1 aromatic rings. The van der Waals surface area contributed by atoms with Gasteiger partial charge in [-0.05, 0) is 37.2 Å². The molecule has 0 bridgehead atoms. The van der Waals surface area contributed by atoms with Crippen molar-refractivity contribution in [2.45, 2.75) is 40.0 Å². The smallest absolute Gasteiger partial charge is 0.339 e. The minimum Gasteiger partial charge on any atom is -0.465 e. The predicted molar refractivity (Wildman–Crippen MR) is 92.6 cm³/mol. The lowest BCUT2D eigenvalue weighted by atomic mass is 9.85. The van der Waals surface area contributed by atoms with Crippen LogP contribution >= 0.6 is 0 Å². The zero-order valence-electron chi connectivity index (χ0n) is 15.2. The van der Waals surface area contributed by atoms with E-state index in [9.17, 15) is 14.4 Å². The minimum absolute atomic E-state index is 0.102. The number of nitrogens with one attached hydrogen (secondary N) is 1. The van der Waals surface area contributed by atoms with E-state index in [1.807, 2.05) is 0 Å². The molecule has 0 aromatic carbocycles. The van der Waals surface area contributed by atoms with Gasteiger partial charge in [0.2, 0.25) is 0 Å². The van der Waals surface area contributed by atoms with Gasteiger partial charge in [-0.15, -0.1) is 0 Å². The number of hydrogen-bond donors (Lipinski definition) is 1. The molecular formula is C19H25NO5. The van der Waals surface area contributed by atoms with Gasteiger partial charge in [-0.2, -0.15) is 0 Å². The van der Waals surface area contributed by atoms with Gasteiger partial charge in [0.1, 0.15) is 0 Å². The van der Waals surface area contributed by atoms with Crippen LogP contribution in [0.25, 0.3) is 0 Å². The fourth-order valence-corrected chi connectivity index (χ4v) is 3.16. The SMILES string of the molecule is COC(=O)c1c(CC(=O)OCC2CC=CCC2C)[nH]c(C(C)=O)c1C. The van der Waals surface area contributed by atoms with E-state index < -0.39 is 11.9 Å². The number of aromatic amines is 1. The number of aromatic nitrogens is 1. The second-order valence-corrected chi connectivity index (χ2v) is 6.57. The quantitative estimate of drug-likeness (QED) is 0.486. The monoisotopic (exact) mass is 347 g/mol. The van der Waals surface area contributed by atoms with Crippen molar-refractivity contribution in [3.8, 4) is 0 Å². The fraction of sp³-hybridized carbons (Fsp3) is 0.526. The number of esters is 2. The number of allylic oxidation sites excluding steroid dienone is 2. The Kier molecular flexibility index (Phi) is 6.17. The van der Waals surface area contributed by atoms with Crippen molar-refractivity contribution < 1.29 is 23.9 Å². The maximum atomic E-state index is 12.2. The van der Waals surface area contributed by atoms with Crippen LogP contribution in [0.1, 0.15) is 58.8 Å². The molecule has 2 rings (SSSR count). The number of H-pyrrole nitrogens is 1. The summed E-state index contributed by atoms with van der Waals surface area (Å²) < 4.78 is 10.2. The van der Waals surface area contributed by atoms with Crippen molar-refractivity contribution in [3.05, 3.63) is 34.7 Å². The van der Waals surface area contributed by atoms with Crippen LogP contribution in [0.4, 0.5) is 0 Å². The average Bonchev–Trinajstić information content (AvgIpc) is 2.90. The zero-order valence-corrected chi connectivity index (χ0v) is 15.2. The van der Waals surface area contributed by atoms with Crippen molar-refractivity contribution in [1.82, 2.24) is 4.98 Å². The molecule has 1 aromatic heterocycles. The molecule has 6 nitrogen and oxygen atoms in total. The van der Waals surface area contributed by atoms with Crippen LogP contribution in [0.3, 0.4) is 0 Å². The Labute approximate surface area is 147 Å². The van der Waals surface area contributed by atoms with E-state index in [2.05, 4.69) is 24.1 Å². The number of methoxy groups -OCH3 is 1. The van der Waals surface area contributed by atoms with Gasteiger partial charge in [0.25, 0.3) is 0 Å². The van der Waals surface area contributed by atoms with Crippen molar-refractivity contribution in [1.29, 1.82) is 0 Å². The van der Waals surface area contributed by atoms with Gasteiger partial charge < -0.3 is 14.5 Å². The molecule has 0 aliphatic heterocycles. The predicted octanol–water partition coefficient (Wildman–Crippen LogP) is 3.00. The Bertz CT molecular complexity index is 701. The Morgan fingerprint density at radius 3 is 2.52 bits per heavy atom. The highest BCUT2D eigenvalue weighted by Gasteiger charge is 2.25. The van der Waals surface area contributed by atoms with Crippen LogP contribution in [-0.2, 0) is 20.7 Å². The van der Waals surface area contributed by atoms with E-state index in [1.54, 1.807) is 6.92 Å². The largest absolute Gasteiger partial charge is 0.465 e. The Morgan fingerprint density at radius 1 is 1.24 bits per heavy atom. The third-order valence-electron chi connectivity index (χ3n) is 4.77. The molecule has 0 amide bonds. The molecule has 0 radical (unpaired) electrons. The van der Waals surface area contributed by atoms with Crippen LogP contribution < -0.4 is 0 Å². The van der Waals surface area contributed by atoms with Crippen molar-refractivity contribution >= 4 is 17.7 Å². The first-order chi connectivity index (χ1) is 11.8. The molecule has 1 aliphatic carbocycles. The van der Waals surface area contributed by atoms with Crippen LogP contribution in [0, 0.1) is 18.8 Å². The van der Waals surface area contributed by atoms with Crippen molar-refractivity contribution in [3.63, 3.8) is 0 Å². The summed E-state index contributed by atoms with van der Waals surface area (Å²) in [5, 5.41) is 0. The topological polar surface area (TPSA) is 85.5 Å². The molecule has 0 fully saturated rings. The maximum Gasteiger partial charge on any atom is 0.339 e. The Morgan fingerprint density at radius 2 is 1.92 bits per heavy atom. The summed E-state index contributed by atoms with van der Waals surface area (Å²) >= 11 is 0. The molecular weight excluding hydrogens is 322 g/mol. The molecule has 1 aliphatic rings. The first kappa shape index (κ1) is 19.0. The Hall–Kier alpha value is -2.37. The van der Waals surface area contributed by atoms with Crippen molar-refractivity contribution in [2.24, 2.45) is 11.8 Å². The van der Waals surface area contributed by atoms with E-state index in [0.717, 1.165) is 12.8 Å². The Balaban J connectivity index is 2.09.